The van der Waals surface area contributed by atoms with E-state index in [0.717, 1.165) is 50.0 Å². The molecule has 0 saturated carbocycles. The lowest BCUT2D eigenvalue weighted by molar-refractivity contribution is -0.145. The first-order chi connectivity index (χ1) is 17.0. The van der Waals surface area contributed by atoms with Crippen molar-refractivity contribution in [3.8, 4) is 11.5 Å². The molecule has 0 aromatic heterocycles. The lowest BCUT2D eigenvalue weighted by Crippen LogP contribution is -2.11. The first-order valence-electron chi connectivity index (χ1n) is 12.5. The highest BCUT2D eigenvalue weighted by atomic mass is 16.6. The molecule has 8 nitrogen and oxygen atoms in total. The highest BCUT2D eigenvalue weighted by Gasteiger charge is 2.04. The van der Waals surface area contributed by atoms with Crippen LogP contribution in [0.2, 0.25) is 0 Å². The predicted octanol–water partition coefficient (Wildman–Crippen LogP) is 4.89. The monoisotopic (exact) mass is 494 g/mol. The molecule has 8 heteroatoms. The summed E-state index contributed by atoms with van der Waals surface area (Å²) in [5, 5.41) is 0. The van der Waals surface area contributed by atoms with E-state index >= 15 is 0 Å². The molecule has 0 spiro atoms. The number of rotatable bonds is 22. The summed E-state index contributed by atoms with van der Waals surface area (Å²) in [4.78, 5) is 22.9. The van der Waals surface area contributed by atoms with Crippen LogP contribution in [0.4, 0.5) is 0 Å². The molecule has 0 bridgehead atoms. The van der Waals surface area contributed by atoms with E-state index in [4.69, 9.17) is 28.4 Å². The average molecular weight is 495 g/mol. The van der Waals surface area contributed by atoms with Gasteiger partial charge in [-0.1, -0.05) is 19.4 Å². The molecule has 0 aliphatic heterocycles. The Morgan fingerprint density at radius 3 is 1.89 bits per heavy atom. The lowest BCUT2D eigenvalue weighted by atomic mass is 10.1. The second kappa shape index (κ2) is 20.8. The molecule has 198 valence electrons. The molecule has 1 aromatic rings. The van der Waals surface area contributed by atoms with Gasteiger partial charge in [-0.3, -0.25) is 4.79 Å². The van der Waals surface area contributed by atoms with Crippen molar-refractivity contribution in [3.63, 3.8) is 0 Å². The summed E-state index contributed by atoms with van der Waals surface area (Å²) < 4.78 is 32.3. The fraction of sp³-hybridized carbons (Fsp3) is 0.630. The first kappa shape index (κ1) is 30.5. The third-order valence-electron chi connectivity index (χ3n) is 4.81. The van der Waals surface area contributed by atoms with Crippen LogP contribution in [0, 0.1) is 0 Å². The van der Waals surface area contributed by atoms with Crippen molar-refractivity contribution in [2.24, 2.45) is 0 Å². The van der Waals surface area contributed by atoms with Gasteiger partial charge in [-0.15, -0.1) is 0 Å². The van der Waals surface area contributed by atoms with Gasteiger partial charge < -0.3 is 28.4 Å². The SMILES string of the molecule is C=C(C)C(=O)OCCCCCCC(=O)OCCOCCCCOCCOc1ccc(OCC)cc1. The first-order valence-corrected chi connectivity index (χ1v) is 12.5. The van der Waals surface area contributed by atoms with Crippen LogP contribution >= 0.6 is 0 Å². The van der Waals surface area contributed by atoms with Gasteiger partial charge in [0.1, 0.15) is 24.7 Å². The normalized spacial score (nSPS) is 10.6. The van der Waals surface area contributed by atoms with E-state index in [1.807, 2.05) is 31.2 Å². The minimum Gasteiger partial charge on any atom is -0.494 e. The maximum atomic E-state index is 11.7. The molecule has 0 amide bonds. The molecule has 0 aliphatic carbocycles. The van der Waals surface area contributed by atoms with Crippen LogP contribution in [-0.4, -0.2) is 64.8 Å². The van der Waals surface area contributed by atoms with Gasteiger partial charge >= 0.3 is 11.9 Å². The number of hydrogen-bond donors (Lipinski definition) is 0. The molecular weight excluding hydrogens is 452 g/mol. The summed E-state index contributed by atoms with van der Waals surface area (Å²) in [5.41, 5.74) is 0.407. The summed E-state index contributed by atoms with van der Waals surface area (Å²) in [5.74, 6) is 1.07. The Kier molecular flexibility index (Phi) is 18.1. The quantitative estimate of drug-likeness (QED) is 0.128. The van der Waals surface area contributed by atoms with Gasteiger partial charge in [0, 0.05) is 25.2 Å². The molecule has 0 fully saturated rings. The van der Waals surface area contributed by atoms with Gasteiger partial charge in [-0.05, 0) is 63.8 Å². The molecule has 0 saturated heterocycles. The maximum absolute atomic E-state index is 11.7. The standard InChI is InChI=1S/C27H42O8/c1-4-32-24-12-14-25(15-13-24)33-21-19-30-16-9-10-17-31-20-22-34-26(28)11-7-5-6-8-18-35-27(29)23(2)3/h12-15H,2,4-11,16-22H2,1,3H3. The third-order valence-corrected chi connectivity index (χ3v) is 4.81. The van der Waals surface area contributed by atoms with E-state index in [1.54, 1.807) is 6.92 Å². The van der Waals surface area contributed by atoms with E-state index in [9.17, 15) is 9.59 Å². The molecule has 1 rings (SSSR count). The molecule has 1 aromatic carbocycles. The van der Waals surface area contributed by atoms with E-state index < -0.39 is 0 Å². The second-order valence-electron chi connectivity index (χ2n) is 7.99. The molecule has 0 N–H and O–H groups in total. The highest BCUT2D eigenvalue weighted by molar-refractivity contribution is 5.86. The molecule has 0 heterocycles. The molecule has 0 atom stereocenters. The van der Waals surface area contributed by atoms with Gasteiger partial charge in [0.25, 0.3) is 0 Å². The molecule has 0 aliphatic rings. The van der Waals surface area contributed by atoms with E-state index in [-0.39, 0.29) is 18.5 Å². The smallest absolute Gasteiger partial charge is 0.333 e. The van der Waals surface area contributed by atoms with Gasteiger partial charge in [-0.2, -0.15) is 0 Å². The largest absolute Gasteiger partial charge is 0.494 e. The predicted molar refractivity (Wildman–Crippen MR) is 134 cm³/mol. The minimum atomic E-state index is -0.355. The van der Waals surface area contributed by atoms with Crippen molar-refractivity contribution in [3.05, 3.63) is 36.4 Å². The number of carbonyl (C=O) groups is 2. The fourth-order valence-electron chi connectivity index (χ4n) is 2.93. The zero-order valence-electron chi connectivity index (χ0n) is 21.4. The van der Waals surface area contributed by atoms with Crippen LogP contribution in [0.25, 0.3) is 0 Å². The number of unbranched alkanes of at least 4 members (excludes halogenated alkanes) is 4. The Balaban J connectivity index is 1.81. The average Bonchev–Trinajstić information content (AvgIpc) is 2.85. The minimum absolute atomic E-state index is 0.205. The Morgan fingerprint density at radius 1 is 0.686 bits per heavy atom. The molecule has 0 unspecified atom stereocenters. The van der Waals surface area contributed by atoms with Crippen LogP contribution in [0.5, 0.6) is 11.5 Å². The zero-order valence-corrected chi connectivity index (χ0v) is 21.4. The van der Waals surface area contributed by atoms with Crippen molar-refractivity contribution in [1.82, 2.24) is 0 Å². The van der Waals surface area contributed by atoms with E-state index in [2.05, 4.69) is 6.58 Å². The van der Waals surface area contributed by atoms with Gasteiger partial charge in [0.2, 0.25) is 0 Å². The van der Waals surface area contributed by atoms with Crippen LogP contribution < -0.4 is 9.47 Å². The lowest BCUT2D eigenvalue weighted by Gasteiger charge is -2.09. The van der Waals surface area contributed by atoms with Gasteiger partial charge in [0.15, 0.2) is 0 Å². The summed E-state index contributed by atoms with van der Waals surface area (Å²) in [6.07, 6.45) is 5.52. The van der Waals surface area contributed by atoms with Gasteiger partial charge in [-0.25, -0.2) is 4.79 Å². The summed E-state index contributed by atoms with van der Waals surface area (Å²) >= 11 is 0. The Labute approximate surface area is 209 Å². The molecular formula is C27H42O8. The zero-order chi connectivity index (χ0) is 25.6. The van der Waals surface area contributed by atoms with Crippen molar-refractivity contribution in [2.75, 3.05) is 52.9 Å². The van der Waals surface area contributed by atoms with E-state index in [1.165, 1.54) is 0 Å². The van der Waals surface area contributed by atoms with Gasteiger partial charge in [0.05, 0.1) is 26.4 Å². The molecule has 35 heavy (non-hydrogen) atoms. The van der Waals surface area contributed by atoms with Crippen molar-refractivity contribution >= 4 is 11.9 Å². The third kappa shape index (κ3) is 17.5. The van der Waals surface area contributed by atoms with Crippen LogP contribution in [-0.2, 0) is 28.5 Å². The molecule has 0 radical (unpaired) electrons. The number of hydrogen-bond acceptors (Lipinski definition) is 8. The van der Waals surface area contributed by atoms with E-state index in [0.29, 0.717) is 58.2 Å². The van der Waals surface area contributed by atoms with Crippen molar-refractivity contribution in [2.45, 2.75) is 58.8 Å². The summed E-state index contributed by atoms with van der Waals surface area (Å²) in [6, 6.07) is 7.54. The maximum Gasteiger partial charge on any atom is 0.333 e. The number of benzene rings is 1. The summed E-state index contributed by atoms with van der Waals surface area (Å²) in [6.45, 7) is 11.1. The highest BCUT2D eigenvalue weighted by Crippen LogP contribution is 2.17. The Bertz CT molecular complexity index is 702. The number of ether oxygens (including phenoxy) is 6. The van der Waals surface area contributed by atoms with Crippen LogP contribution in [0.3, 0.4) is 0 Å². The fourth-order valence-corrected chi connectivity index (χ4v) is 2.93. The van der Waals surface area contributed by atoms with Crippen molar-refractivity contribution < 1.29 is 38.0 Å². The number of carbonyl (C=O) groups excluding carboxylic acids is 2. The second-order valence-corrected chi connectivity index (χ2v) is 7.99. The summed E-state index contributed by atoms with van der Waals surface area (Å²) in [7, 11) is 0. The van der Waals surface area contributed by atoms with Crippen LogP contribution in [0.15, 0.2) is 36.4 Å². The Morgan fingerprint density at radius 2 is 1.26 bits per heavy atom. The number of esters is 2. The Hall–Kier alpha value is -2.58. The topological polar surface area (TPSA) is 89.5 Å². The van der Waals surface area contributed by atoms with Crippen molar-refractivity contribution in [1.29, 1.82) is 0 Å². The van der Waals surface area contributed by atoms with Crippen LogP contribution in [0.1, 0.15) is 58.8 Å².